The largest absolute Gasteiger partial charge is 0.495 e. The minimum absolute atomic E-state index is 0.278. The van der Waals surface area contributed by atoms with E-state index in [1.807, 2.05) is 23.1 Å². The van der Waals surface area contributed by atoms with Crippen molar-refractivity contribution in [1.29, 1.82) is 0 Å². The first-order valence-corrected chi connectivity index (χ1v) is 8.51. The number of amides is 1. The normalized spacial score (nSPS) is 22.0. The Labute approximate surface area is 138 Å². The number of piperazine rings is 1. The lowest BCUT2D eigenvalue weighted by molar-refractivity contribution is -0.133. The van der Waals surface area contributed by atoms with Gasteiger partial charge in [0.25, 0.3) is 0 Å². The fourth-order valence-corrected chi connectivity index (χ4v) is 3.43. The third-order valence-electron chi connectivity index (χ3n) is 4.78. The number of nitrogens with zero attached hydrogens (tertiary/aromatic N) is 2. The van der Waals surface area contributed by atoms with E-state index in [4.69, 9.17) is 9.47 Å². The van der Waals surface area contributed by atoms with E-state index in [0.717, 1.165) is 63.7 Å². The highest BCUT2D eigenvalue weighted by Crippen LogP contribution is 2.28. The van der Waals surface area contributed by atoms with Gasteiger partial charge in [-0.2, -0.15) is 0 Å². The molecule has 2 aliphatic rings. The summed E-state index contributed by atoms with van der Waals surface area (Å²) in [4.78, 5) is 16.8. The van der Waals surface area contributed by atoms with Gasteiger partial charge in [0.15, 0.2) is 0 Å². The van der Waals surface area contributed by atoms with Crippen molar-refractivity contribution in [2.75, 3.05) is 51.4 Å². The van der Waals surface area contributed by atoms with E-state index in [1.165, 1.54) is 0 Å². The molecular weight excluding hydrogens is 292 g/mol. The van der Waals surface area contributed by atoms with Crippen LogP contribution in [0.25, 0.3) is 0 Å². The predicted octanol–water partition coefficient (Wildman–Crippen LogP) is 2.16. The van der Waals surface area contributed by atoms with E-state index >= 15 is 0 Å². The van der Waals surface area contributed by atoms with Gasteiger partial charge in [-0.15, -0.1) is 0 Å². The molecule has 2 saturated heterocycles. The van der Waals surface area contributed by atoms with Gasteiger partial charge in [0.05, 0.1) is 12.8 Å². The lowest BCUT2D eigenvalue weighted by atomic mass is 9.98. The molecular formula is C18H26N2O3. The third kappa shape index (κ3) is 3.96. The summed E-state index contributed by atoms with van der Waals surface area (Å²) in [5.41, 5.74) is 1.11. The van der Waals surface area contributed by atoms with E-state index in [1.54, 1.807) is 7.11 Å². The van der Waals surface area contributed by atoms with E-state index in [2.05, 4.69) is 11.0 Å². The van der Waals surface area contributed by atoms with Crippen molar-refractivity contribution in [3.05, 3.63) is 24.3 Å². The highest BCUT2D eigenvalue weighted by Gasteiger charge is 2.25. The number of anilines is 1. The van der Waals surface area contributed by atoms with Crippen molar-refractivity contribution in [3.63, 3.8) is 0 Å². The summed E-state index contributed by atoms with van der Waals surface area (Å²) in [6.45, 7) is 4.87. The van der Waals surface area contributed by atoms with E-state index in [9.17, 15) is 4.79 Å². The fraction of sp³-hybridized carbons (Fsp3) is 0.611. The van der Waals surface area contributed by atoms with Crippen molar-refractivity contribution < 1.29 is 14.3 Å². The Hall–Kier alpha value is -1.75. The zero-order chi connectivity index (χ0) is 16.1. The molecule has 0 N–H and O–H groups in total. The van der Waals surface area contributed by atoms with Gasteiger partial charge in [0.2, 0.25) is 5.91 Å². The monoisotopic (exact) mass is 318 g/mol. The molecule has 2 aliphatic heterocycles. The fourth-order valence-electron chi connectivity index (χ4n) is 3.43. The lowest BCUT2D eigenvalue weighted by Gasteiger charge is -2.37. The van der Waals surface area contributed by atoms with Gasteiger partial charge in [-0.3, -0.25) is 4.79 Å². The molecule has 2 heterocycles. The quantitative estimate of drug-likeness (QED) is 0.853. The number of hydrogen-bond acceptors (Lipinski definition) is 4. The lowest BCUT2D eigenvalue weighted by Crippen LogP contribution is -2.49. The molecule has 1 aromatic rings. The molecule has 1 unspecified atom stereocenters. The van der Waals surface area contributed by atoms with Crippen LogP contribution in [-0.4, -0.2) is 57.3 Å². The zero-order valence-electron chi connectivity index (χ0n) is 13.9. The molecule has 1 aromatic carbocycles. The first kappa shape index (κ1) is 16.1. The van der Waals surface area contributed by atoms with Gasteiger partial charge in [-0.1, -0.05) is 12.1 Å². The van der Waals surface area contributed by atoms with Gasteiger partial charge in [0.1, 0.15) is 5.75 Å². The van der Waals surface area contributed by atoms with Crippen LogP contribution in [0.4, 0.5) is 5.69 Å². The van der Waals surface area contributed by atoms with E-state index < -0.39 is 0 Å². The van der Waals surface area contributed by atoms with Crippen LogP contribution in [0.1, 0.15) is 19.3 Å². The summed E-state index contributed by atoms with van der Waals surface area (Å²) in [5, 5.41) is 0. The van der Waals surface area contributed by atoms with Gasteiger partial charge >= 0.3 is 0 Å². The molecule has 5 heteroatoms. The maximum absolute atomic E-state index is 12.5. The third-order valence-corrected chi connectivity index (χ3v) is 4.78. The Morgan fingerprint density at radius 2 is 2.04 bits per heavy atom. The molecule has 0 radical (unpaired) electrons. The van der Waals surface area contributed by atoms with Gasteiger partial charge in [0, 0.05) is 45.8 Å². The molecule has 126 valence electrons. The van der Waals surface area contributed by atoms with Crippen molar-refractivity contribution in [2.45, 2.75) is 19.3 Å². The van der Waals surface area contributed by atoms with Crippen LogP contribution in [0.15, 0.2) is 24.3 Å². The second kappa shape index (κ2) is 7.68. The summed E-state index contributed by atoms with van der Waals surface area (Å²) in [5.74, 6) is 1.58. The van der Waals surface area contributed by atoms with Crippen LogP contribution >= 0.6 is 0 Å². The summed E-state index contributed by atoms with van der Waals surface area (Å²) in [6, 6.07) is 8.07. The Morgan fingerprint density at radius 1 is 1.26 bits per heavy atom. The average Bonchev–Trinajstić information content (AvgIpc) is 2.62. The number of carbonyl (C=O) groups is 1. The standard InChI is InChI=1S/C18H26N2O3/c1-22-17-7-3-2-6-16(17)19-8-10-20(11-9-19)18(21)13-15-5-4-12-23-14-15/h2-3,6-7,15H,4-5,8-14H2,1H3. The van der Waals surface area contributed by atoms with E-state index in [0.29, 0.717) is 12.3 Å². The number of carbonyl (C=O) groups excluding carboxylic acids is 1. The first-order chi connectivity index (χ1) is 11.3. The van der Waals surface area contributed by atoms with Gasteiger partial charge in [-0.05, 0) is 30.9 Å². The van der Waals surface area contributed by atoms with Gasteiger partial charge in [-0.25, -0.2) is 0 Å². The van der Waals surface area contributed by atoms with Crippen molar-refractivity contribution in [3.8, 4) is 5.75 Å². The zero-order valence-corrected chi connectivity index (χ0v) is 13.9. The highest BCUT2D eigenvalue weighted by molar-refractivity contribution is 5.77. The minimum Gasteiger partial charge on any atom is -0.495 e. The molecule has 0 bridgehead atoms. The highest BCUT2D eigenvalue weighted by atomic mass is 16.5. The maximum Gasteiger partial charge on any atom is 0.223 e. The molecule has 5 nitrogen and oxygen atoms in total. The number of ether oxygens (including phenoxy) is 2. The van der Waals surface area contributed by atoms with Gasteiger partial charge < -0.3 is 19.3 Å². The molecule has 3 rings (SSSR count). The Balaban J connectivity index is 1.52. The number of rotatable bonds is 4. The number of benzene rings is 1. The smallest absolute Gasteiger partial charge is 0.223 e. The molecule has 1 amide bonds. The van der Waals surface area contributed by atoms with Crippen molar-refractivity contribution in [1.82, 2.24) is 4.90 Å². The Morgan fingerprint density at radius 3 is 2.74 bits per heavy atom. The van der Waals surface area contributed by atoms with Crippen molar-refractivity contribution in [2.24, 2.45) is 5.92 Å². The van der Waals surface area contributed by atoms with Crippen LogP contribution in [0.5, 0.6) is 5.75 Å². The molecule has 23 heavy (non-hydrogen) atoms. The topological polar surface area (TPSA) is 42.0 Å². The van der Waals surface area contributed by atoms with Crippen LogP contribution in [-0.2, 0) is 9.53 Å². The maximum atomic E-state index is 12.5. The average molecular weight is 318 g/mol. The Bertz CT molecular complexity index is 521. The molecule has 0 spiro atoms. The number of hydrogen-bond donors (Lipinski definition) is 0. The summed E-state index contributed by atoms with van der Waals surface area (Å²) < 4.78 is 10.9. The molecule has 0 aliphatic carbocycles. The summed E-state index contributed by atoms with van der Waals surface area (Å²) >= 11 is 0. The molecule has 1 atom stereocenters. The Kier molecular flexibility index (Phi) is 5.39. The summed E-state index contributed by atoms with van der Waals surface area (Å²) in [6.07, 6.45) is 2.83. The van der Waals surface area contributed by atoms with Crippen LogP contribution in [0.3, 0.4) is 0 Å². The first-order valence-electron chi connectivity index (χ1n) is 8.51. The SMILES string of the molecule is COc1ccccc1N1CCN(C(=O)CC2CCCOC2)CC1. The second-order valence-corrected chi connectivity index (χ2v) is 6.33. The minimum atomic E-state index is 0.278. The van der Waals surface area contributed by atoms with E-state index in [-0.39, 0.29) is 5.91 Å². The van der Waals surface area contributed by atoms with Crippen LogP contribution in [0.2, 0.25) is 0 Å². The number of para-hydroxylation sites is 2. The predicted molar refractivity (Wildman–Crippen MR) is 89.9 cm³/mol. The summed E-state index contributed by atoms with van der Waals surface area (Å²) in [7, 11) is 1.70. The van der Waals surface area contributed by atoms with Crippen molar-refractivity contribution >= 4 is 11.6 Å². The van der Waals surface area contributed by atoms with Crippen LogP contribution in [0, 0.1) is 5.92 Å². The molecule has 0 aromatic heterocycles. The molecule has 2 fully saturated rings. The molecule has 0 saturated carbocycles. The second-order valence-electron chi connectivity index (χ2n) is 6.33. The van der Waals surface area contributed by atoms with Crippen LogP contribution < -0.4 is 9.64 Å². The number of methoxy groups -OCH3 is 1.